The molecule has 1 saturated carbocycles. The Bertz CT molecular complexity index is 443. The van der Waals surface area contributed by atoms with Crippen molar-refractivity contribution in [1.29, 1.82) is 0 Å². The SMILES string of the molecule is O=P(O)(O)C1(S(=O)(=O)O)CC2CCCNC2C1. The second-order valence-corrected chi connectivity index (χ2v) is 8.81. The quantitative estimate of drug-likeness (QED) is 0.413. The van der Waals surface area contributed by atoms with Crippen LogP contribution in [0.4, 0.5) is 0 Å². The van der Waals surface area contributed by atoms with Crippen LogP contribution in [0.15, 0.2) is 0 Å². The number of fused-ring (bicyclic) bond motifs is 1. The molecule has 9 heteroatoms. The molecule has 3 atom stereocenters. The summed E-state index contributed by atoms with van der Waals surface area (Å²) < 4.78 is 41.1. The van der Waals surface area contributed by atoms with Gasteiger partial charge in [-0.25, -0.2) is 0 Å². The summed E-state index contributed by atoms with van der Waals surface area (Å²) in [6.07, 6.45) is 1.19. The Balaban J connectivity index is 2.42. The molecular weight excluding hydrogens is 269 g/mol. The van der Waals surface area contributed by atoms with Crippen molar-refractivity contribution in [1.82, 2.24) is 5.32 Å². The monoisotopic (exact) mass is 285 g/mol. The molecule has 2 fully saturated rings. The predicted molar refractivity (Wildman–Crippen MR) is 60.1 cm³/mol. The molecule has 0 amide bonds. The molecule has 1 heterocycles. The summed E-state index contributed by atoms with van der Waals surface area (Å²) in [6, 6.07) is -0.238. The van der Waals surface area contributed by atoms with Crippen molar-refractivity contribution in [3.63, 3.8) is 0 Å². The lowest BCUT2D eigenvalue weighted by Crippen LogP contribution is -2.39. The van der Waals surface area contributed by atoms with Gasteiger partial charge in [-0.2, -0.15) is 8.42 Å². The smallest absolute Gasteiger partial charge is 0.323 e. The largest absolute Gasteiger partial charge is 0.349 e. The van der Waals surface area contributed by atoms with E-state index < -0.39 is 22.2 Å². The molecule has 100 valence electrons. The Labute approximate surface area is 99.5 Å². The summed E-state index contributed by atoms with van der Waals surface area (Å²) in [5.74, 6) is -0.0988. The molecule has 3 unspecified atom stereocenters. The number of piperidine rings is 1. The van der Waals surface area contributed by atoms with Gasteiger partial charge in [-0.15, -0.1) is 0 Å². The molecule has 0 bridgehead atoms. The van der Waals surface area contributed by atoms with Crippen molar-refractivity contribution in [3.05, 3.63) is 0 Å². The van der Waals surface area contributed by atoms with E-state index in [9.17, 15) is 27.3 Å². The van der Waals surface area contributed by atoms with Crippen LogP contribution >= 0.6 is 7.60 Å². The van der Waals surface area contributed by atoms with Crippen molar-refractivity contribution in [2.24, 2.45) is 5.92 Å². The molecule has 0 aromatic heterocycles. The maximum Gasteiger partial charge on any atom is 0.349 e. The standard InChI is InChI=1S/C8H16NO6PS/c10-16(11,12)8(17(13,14)15)4-6-2-1-3-9-7(6)5-8/h6-7,9H,1-5H2,(H2,10,11,12)(H,13,14,15). The van der Waals surface area contributed by atoms with E-state index in [0.717, 1.165) is 12.8 Å². The van der Waals surface area contributed by atoms with Crippen LogP contribution in [0, 0.1) is 5.92 Å². The highest BCUT2D eigenvalue weighted by Gasteiger charge is 2.64. The maximum atomic E-state index is 11.5. The molecule has 0 spiro atoms. The fourth-order valence-corrected chi connectivity index (χ4v) is 5.86. The minimum Gasteiger partial charge on any atom is -0.323 e. The van der Waals surface area contributed by atoms with Crippen molar-refractivity contribution in [2.45, 2.75) is 36.2 Å². The van der Waals surface area contributed by atoms with Gasteiger partial charge in [0.25, 0.3) is 10.1 Å². The highest BCUT2D eigenvalue weighted by Crippen LogP contribution is 2.63. The first-order valence-electron chi connectivity index (χ1n) is 5.43. The van der Waals surface area contributed by atoms with Crippen LogP contribution < -0.4 is 5.32 Å². The fourth-order valence-electron chi connectivity index (χ4n) is 2.94. The van der Waals surface area contributed by atoms with Crippen molar-refractivity contribution in [3.8, 4) is 0 Å². The van der Waals surface area contributed by atoms with Gasteiger partial charge in [0.2, 0.25) is 0 Å². The first-order valence-corrected chi connectivity index (χ1v) is 8.49. The minimum absolute atomic E-state index is 0.0988. The van der Waals surface area contributed by atoms with E-state index in [4.69, 9.17) is 0 Å². The Morgan fingerprint density at radius 1 is 1.29 bits per heavy atom. The van der Waals surface area contributed by atoms with E-state index in [-0.39, 0.29) is 24.8 Å². The van der Waals surface area contributed by atoms with Crippen LogP contribution in [-0.4, -0.2) is 39.8 Å². The lowest BCUT2D eigenvalue weighted by molar-refractivity contribution is 0.317. The van der Waals surface area contributed by atoms with Crippen LogP contribution in [0.3, 0.4) is 0 Å². The third kappa shape index (κ3) is 2.07. The van der Waals surface area contributed by atoms with E-state index in [1.165, 1.54) is 0 Å². The lowest BCUT2D eigenvalue weighted by Gasteiger charge is -2.26. The van der Waals surface area contributed by atoms with Gasteiger partial charge in [0.15, 0.2) is 4.49 Å². The molecule has 0 radical (unpaired) electrons. The zero-order valence-electron chi connectivity index (χ0n) is 9.11. The van der Waals surface area contributed by atoms with Crippen LogP contribution in [0.25, 0.3) is 0 Å². The topological polar surface area (TPSA) is 124 Å². The van der Waals surface area contributed by atoms with Crippen LogP contribution in [0.1, 0.15) is 25.7 Å². The van der Waals surface area contributed by atoms with Crippen molar-refractivity contribution < 1.29 is 27.3 Å². The number of hydrogen-bond acceptors (Lipinski definition) is 4. The van der Waals surface area contributed by atoms with Crippen molar-refractivity contribution >= 4 is 17.7 Å². The third-order valence-corrected chi connectivity index (χ3v) is 7.98. The molecular formula is C8H16NO6PS. The summed E-state index contributed by atoms with van der Waals surface area (Å²) in [5.41, 5.74) is 0. The maximum absolute atomic E-state index is 11.5. The second kappa shape index (κ2) is 4.01. The van der Waals surface area contributed by atoms with Crippen LogP contribution in [-0.2, 0) is 14.7 Å². The number of hydrogen-bond donors (Lipinski definition) is 4. The van der Waals surface area contributed by atoms with Gasteiger partial charge < -0.3 is 15.1 Å². The Kier molecular flexibility index (Phi) is 3.17. The Morgan fingerprint density at radius 3 is 2.41 bits per heavy atom. The molecule has 1 aliphatic heterocycles. The average molecular weight is 285 g/mol. The minimum atomic E-state index is -4.92. The van der Waals surface area contributed by atoms with Gasteiger partial charge in [0.1, 0.15) is 0 Å². The van der Waals surface area contributed by atoms with Gasteiger partial charge in [0, 0.05) is 6.04 Å². The molecule has 7 nitrogen and oxygen atoms in total. The summed E-state index contributed by atoms with van der Waals surface area (Å²) in [6.45, 7) is 0.712. The zero-order chi connectivity index (χ0) is 12.9. The van der Waals surface area contributed by atoms with E-state index >= 15 is 0 Å². The molecule has 1 aliphatic carbocycles. The number of nitrogens with one attached hydrogen (secondary N) is 1. The predicted octanol–water partition coefficient (Wildman–Crippen LogP) is -0.0898. The van der Waals surface area contributed by atoms with Gasteiger partial charge in [-0.1, -0.05) is 0 Å². The Hall–Kier alpha value is 0.0200. The average Bonchev–Trinajstić information content (AvgIpc) is 2.55. The highest BCUT2D eigenvalue weighted by atomic mass is 32.2. The first-order chi connectivity index (χ1) is 7.67. The summed E-state index contributed by atoms with van der Waals surface area (Å²) >= 11 is 0. The van der Waals surface area contributed by atoms with Gasteiger partial charge >= 0.3 is 7.60 Å². The van der Waals surface area contributed by atoms with E-state index in [2.05, 4.69) is 5.32 Å². The van der Waals surface area contributed by atoms with E-state index in [1.54, 1.807) is 0 Å². The molecule has 0 aromatic carbocycles. The fraction of sp³-hybridized carbons (Fsp3) is 1.00. The molecule has 1 saturated heterocycles. The third-order valence-electron chi connectivity index (χ3n) is 3.86. The van der Waals surface area contributed by atoms with Crippen LogP contribution in [0.2, 0.25) is 0 Å². The van der Waals surface area contributed by atoms with Crippen molar-refractivity contribution in [2.75, 3.05) is 6.54 Å². The van der Waals surface area contributed by atoms with Crippen LogP contribution in [0.5, 0.6) is 0 Å². The zero-order valence-corrected chi connectivity index (χ0v) is 10.8. The normalized spacial score (nSPS) is 39.0. The summed E-state index contributed by atoms with van der Waals surface area (Å²) in [5, 5.41) is 3.06. The number of rotatable bonds is 2. The summed E-state index contributed by atoms with van der Waals surface area (Å²) in [4.78, 5) is 18.6. The van der Waals surface area contributed by atoms with Gasteiger partial charge in [-0.3, -0.25) is 9.12 Å². The molecule has 4 N–H and O–H groups in total. The van der Waals surface area contributed by atoms with E-state index in [0.29, 0.717) is 6.54 Å². The Morgan fingerprint density at radius 2 is 1.94 bits per heavy atom. The molecule has 2 rings (SSSR count). The lowest BCUT2D eigenvalue weighted by atomic mass is 9.94. The first kappa shape index (κ1) is 13.5. The van der Waals surface area contributed by atoms with Gasteiger partial charge in [-0.05, 0) is 38.1 Å². The summed E-state index contributed by atoms with van der Waals surface area (Å²) in [7, 11) is -9.70. The highest BCUT2D eigenvalue weighted by molar-refractivity contribution is 7.95. The molecule has 0 aromatic rings. The molecule has 17 heavy (non-hydrogen) atoms. The van der Waals surface area contributed by atoms with E-state index in [1.807, 2.05) is 0 Å². The molecule has 2 aliphatic rings. The second-order valence-electron chi connectivity index (χ2n) is 4.84. The van der Waals surface area contributed by atoms with Gasteiger partial charge in [0.05, 0.1) is 0 Å².